The first-order valence-corrected chi connectivity index (χ1v) is 14.9. The number of alkyl halides is 3. The number of rotatable bonds is 7. The van der Waals surface area contributed by atoms with Gasteiger partial charge in [-0.05, 0) is 37.6 Å². The van der Waals surface area contributed by atoms with Crippen LogP contribution in [0.5, 0.6) is 0 Å². The zero-order valence-corrected chi connectivity index (χ0v) is 24.8. The molecular formula is C29H31F6N3O6S. The van der Waals surface area contributed by atoms with Gasteiger partial charge in [-0.2, -0.15) is 13.2 Å². The van der Waals surface area contributed by atoms with Gasteiger partial charge < -0.3 is 29.9 Å². The molecular weight excluding hydrogens is 632 g/mol. The monoisotopic (exact) mass is 663 g/mol. The quantitative estimate of drug-likeness (QED) is 0.218. The maximum atomic E-state index is 14.2. The molecule has 0 saturated carbocycles. The Morgan fingerprint density at radius 1 is 1.09 bits per heavy atom. The lowest BCUT2D eigenvalue weighted by atomic mass is 9.79. The summed E-state index contributed by atoms with van der Waals surface area (Å²) in [6, 6.07) is 4.66. The maximum Gasteiger partial charge on any atom is 0.416 e. The maximum absolute atomic E-state index is 14.2. The predicted octanol–water partition coefficient (Wildman–Crippen LogP) is 4.16. The normalized spacial score (nSPS) is 29.5. The van der Waals surface area contributed by atoms with Crippen LogP contribution in [0.25, 0.3) is 11.3 Å². The molecule has 0 unspecified atom stereocenters. The van der Waals surface area contributed by atoms with Crippen LogP contribution in [0.3, 0.4) is 0 Å². The van der Waals surface area contributed by atoms with Gasteiger partial charge in [-0.3, -0.25) is 0 Å². The summed E-state index contributed by atoms with van der Waals surface area (Å²) in [6.07, 6.45) is -8.51. The Balaban J connectivity index is 1.53. The van der Waals surface area contributed by atoms with Gasteiger partial charge in [0.15, 0.2) is 17.5 Å². The second kappa shape index (κ2) is 12.5. The van der Waals surface area contributed by atoms with E-state index in [4.69, 9.17) is 9.47 Å². The molecule has 45 heavy (non-hydrogen) atoms. The number of nitrogens with zero attached hydrogens (tertiary/aromatic N) is 3. The lowest BCUT2D eigenvalue weighted by Gasteiger charge is -2.48. The fourth-order valence-electron chi connectivity index (χ4n) is 5.96. The van der Waals surface area contributed by atoms with E-state index in [1.54, 1.807) is 13.8 Å². The molecule has 0 amide bonds. The molecule has 0 aliphatic carbocycles. The number of aromatic nitrogens is 3. The molecule has 2 aromatic carbocycles. The summed E-state index contributed by atoms with van der Waals surface area (Å²) in [5.74, 6) is -4.66. The third-order valence-electron chi connectivity index (χ3n) is 8.01. The van der Waals surface area contributed by atoms with E-state index in [1.165, 1.54) is 18.2 Å². The fourth-order valence-corrected chi connectivity index (χ4v) is 7.57. The van der Waals surface area contributed by atoms with Crippen LogP contribution in [0.4, 0.5) is 26.3 Å². The standard InChI is InChI=1S/C29H31F6N3O6S/c1-27(2)13-28(42,7-8-43-27)25(15-5-3-4-6-16(15)29(33,34)35)45-26-24(41)22(23(40)20(12-39)44-26)38-11-19(36-37-38)14-9-17(30)21(32)18(31)10-14/h3-6,9-11,20,22-26,39-42H,7-8,12-13H2,1-2H3/t20-,22+,23+,24-,25-,26+,28-/m1/s1. The van der Waals surface area contributed by atoms with Crippen molar-refractivity contribution >= 4 is 11.8 Å². The molecule has 1 aromatic heterocycles. The topological polar surface area (TPSA) is 130 Å². The van der Waals surface area contributed by atoms with Crippen LogP contribution in [0.2, 0.25) is 0 Å². The van der Waals surface area contributed by atoms with Crippen LogP contribution in [-0.2, 0) is 15.7 Å². The minimum absolute atomic E-state index is 0.0374. The van der Waals surface area contributed by atoms with Crippen LogP contribution >= 0.6 is 11.8 Å². The molecule has 9 nitrogen and oxygen atoms in total. The van der Waals surface area contributed by atoms with Crippen LogP contribution in [0.1, 0.15) is 49.1 Å². The van der Waals surface area contributed by atoms with Gasteiger partial charge in [0.2, 0.25) is 0 Å². The van der Waals surface area contributed by atoms with Crippen LogP contribution in [0, 0.1) is 17.5 Å². The molecule has 246 valence electrons. The first-order chi connectivity index (χ1) is 21.0. The summed E-state index contributed by atoms with van der Waals surface area (Å²) >= 11 is 0.689. The lowest BCUT2D eigenvalue weighted by molar-refractivity contribution is -0.179. The summed E-state index contributed by atoms with van der Waals surface area (Å²) in [4.78, 5) is 0. The Morgan fingerprint density at radius 2 is 1.76 bits per heavy atom. The summed E-state index contributed by atoms with van der Waals surface area (Å²) < 4.78 is 96.4. The van der Waals surface area contributed by atoms with Gasteiger partial charge in [-0.15, -0.1) is 16.9 Å². The van der Waals surface area contributed by atoms with E-state index in [9.17, 15) is 46.8 Å². The van der Waals surface area contributed by atoms with Gasteiger partial charge in [-0.25, -0.2) is 17.9 Å². The van der Waals surface area contributed by atoms with Gasteiger partial charge in [0.05, 0.1) is 41.4 Å². The minimum Gasteiger partial charge on any atom is -0.394 e. The minimum atomic E-state index is -4.79. The zero-order chi connectivity index (χ0) is 32.9. The Hall–Kier alpha value is -2.73. The van der Waals surface area contributed by atoms with Crippen molar-refractivity contribution in [1.82, 2.24) is 15.0 Å². The molecule has 3 aromatic rings. The van der Waals surface area contributed by atoms with E-state index in [-0.39, 0.29) is 36.3 Å². The van der Waals surface area contributed by atoms with Crippen molar-refractivity contribution in [2.24, 2.45) is 0 Å². The molecule has 2 fully saturated rings. The molecule has 0 spiro atoms. The van der Waals surface area contributed by atoms with Crippen LogP contribution in [0.15, 0.2) is 42.6 Å². The summed E-state index contributed by atoms with van der Waals surface area (Å²) in [5.41, 5.74) is -5.75. The Labute approximate surface area is 257 Å². The number of halogens is 6. The molecule has 2 aliphatic rings. The van der Waals surface area contributed by atoms with E-state index in [1.807, 2.05) is 0 Å². The Kier molecular flexibility index (Phi) is 9.32. The molecule has 3 heterocycles. The summed E-state index contributed by atoms with van der Waals surface area (Å²) in [6.45, 7) is 2.65. The SMILES string of the molecule is CC1(C)C[C@@](O)([C@H](S[C@@H]2O[C@H](CO)[C@H](O)[C@H](n3cc(-c4cc(F)c(F)c(F)c4)nn3)[C@H]2O)c2ccccc2C(F)(F)F)CCO1. The number of hydrogen-bond acceptors (Lipinski definition) is 9. The van der Waals surface area contributed by atoms with Crippen molar-refractivity contribution in [2.45, 2.75) is 79.1 Å². The smallest absolute Gasteiger partial charge is 0.394 e. The summed E-state index contributed by atoms with van der Waals surface area (Å²) in [5, 5.41) is 50.8. The Bertz CT molecular complexity index is 1500. The van der Waals surface area contributed by atoms with Crippen LogP contribution < -0.4 is 0 Å². The molecule has 5 rings (SSSR count). The van der Waals surface area contributed by atoms with Gasteiger partial charge in [0.25, 0.3) is 0 Å². The molecule has 2 saturated heterocycles. The highest BCUT2D eigenvalue weighted by atomic mass is 32.2. The van der Waals surface area contributed by atoms with Gasteiger partial charge in [0.1, 0.15) is 35.5 Å². The third-order valence-corrected chi connectivity index (χ3v) is 9.63. The average Bonchev–Trinajstić information content (AvgIpc) is 3.44. The summed E-state index contributed by atoms with van der Waals surface area (Å²) in [7, 11) is 0. The highest BCUT2D eigenvalue weighted by Gasteiger charge is 2.53. The van der Waals surface area contributed by atoms with E-state index in [2.05, 4.69) is 10.3 Å². The van der Waals surface area contributed by atoms with E-state index in [0.29, 0.717) is 23.9 Å². The first kappa shape index (κ1) is 33.6. The molecule has 0 bridgehead atoms. The second-order valence-electron chi connectivity index (χ2n) is 11.8. The van der Waals surface area contributed by atoms with Crippen LogP contribution in [-0.4, -0.2) is 83.6 Å². The van der Waals surface area contributed by atoms with Crippen molar-refractivity contribution < 1.29 is 56.2 Å². The lowest BCUT2D eigenvalue weighted by Crippen LogP contribution is -2.56. The van der Waals surface area contributed by atoms with E-state index >= 15 is 0 Å². The zero-order valence-electron chi connectivity index (χ0n) is 24.0. The van der Waals surface area contributed by atoms with Crippen molar-refractivity contribution in [3.63, 3.8) is 0 Å². The number of thioether (sulfide) groups is 1. The van der Waals surface area contributed by atoms with Gasteiger partial charge in [0, 0.05) is 18.4 Å². The number of benzene rings is 2. The predicted molar refractivity (Wildman–Crippen MR) is 148 cm³/mol. The first-order valence-electron chi connectivity index (χ1n) is 13.9. The van der Waals surface area contributed by atoms with E-state index < -0.39 is 82.0 Å². The number of hydrogen-bond donors (Lipinski definition) is 4. The molecule has 4 N–H and O–H groups in total. The van der Waals surface area contributed by atoms with Crippen molar-refractivity contribution in [2.75, 3.05) is 13.2 Å². The highest BCUT2D eigenvalue weighted by molar-refractivity contribution is 8.00. The molecule has 2 aliphatic heterocycles. The number of aliphatic hydroxyl groups excluding tert-OH is 3. The number of ether oxygens (including phenoxy) is 2. The fraction of sp³-hybridized carbons (Fsp3) is 0.517. The highest BCUT2D eigenvalue weighted by Crippen LogP contribution is 2.53. The van der Waals surface area contributed by atoms with Crippen molar-refractivity contribution in [1.29, 1.82) is 0 Å². The molecule has 0 radical (unpaired) electrons. The molecule has 7 atom stereocenters. The second-order valence-corrected chi connectivity index (χ2v) is 13.0. The largest absolute Gasteiger partial charge is 0.416 e. The molecule has 16 heteroatoms. The van der Waals surface area contributed by atoms with Crippen molar-refractivity contribution in [3.8, 4) is 11.3 Å². The number of aliphatic hydroxyl groups is 4. The van der Waals surface area contributed by atoms with Gasteiger partial charge in [-0.1, -0.05) is 23.4 Å². The van der Waals surface area contributed by atoms with Gasteiger partial charge >= 0.3 is 6.18 Å². The average molecular weight is 664 g/mol. The third kappa shape index (κ3) is 6.73. The van der Waals surface area contributed by atoms with Crippen molar-refractivity contribution in [3.05, 3.63) is 71.2 Å². The Morgan fingerprint density at radius 3 is 2.38 bits per heavy atom. The van der Waals surface area contributed by atoms with E-state index in [0.717, 1.165) is 16.9 Å².